The molecule has 31 heavy (non-hydrogen) atoms. The number of phenolic OH excluding ortho intramolecular Hbond substituents is 1. The Labute approximate surface area is 180 Å². The number of carbonyl (C=O) groups is 4. The van der Waals surface area contributed by atoms with Gasteiger partial charge in [0.15, 0.2) is 0 Å². The number of carbonyl (C=O) groups excluding carboxylic acids is 4. The van der Waals surface area contributed by atoms with Crippen molar-refractivity contribution in [1.82, 2.24) is 9.80 Å². The zero-order chi connectivity index (χ0) is 22.0. The summed E-state index contributed by atoms with van der Waals surface area (Å²) >= 11 is 0. The van der Waals surface area contributed by atoms with Crippen LogP contribution in [0, 0.1) is 29.6 Å². The average Bonchev–Trinajstić information content (AvgIpc) is 3.16. The molecular formula is C24H26N2O5. The number of benzene rings is 1. The molecule has 7 heteroatoms. The Bertz CT molecular complexity index is 1030. The lowest BCUT2D eigenvalue weighted by atomic mass is 9.57. The van der Waals surface area contributed by atoms with E-state index >= 15 is 0 Å². The van der Waals surface area contributed by atoms with Gasteiger partial charge in [0.05, 0.1) is 23.7 Å². The SMILES string of the molecule is CCN1C(=O)C2CC=C3C(CC4C(=O)N(CC)C(=O)C4C3c3ccccc3O)C2C1=O. The first-order chi connectivity index (χ1) is 14.9. The van der Waals surface area contributed by atoms with Crippen LogP contribution in [0.1, 0.15) is 38.2 Å². The normalized spacial score (nSPS) is 34.6. The van der Waals surface area contributed by atoms with E-state index < -0.39 is 29.6 Å². The van der Waals surface area contributed by atoms with E-state index in [2.05, 4.69) is 0 Å². The van der Waals surface area contributed by atoms with Gasteiger partial charge in [-0.15, -0.1) is 0 Å². The number of para-hydroxylation sites is 1. The van der Waals surface area contributed by atoms with Gasteiger partial charge in [-0.2, -0.15) is 0 Å². The number of hydrogen-bond donors (Lipinski definition) is 1. The molecule has 6 atom stereocenters. The molecule has 0 spiro atoms. The number of allylic oxidation sites excluding steroid dienone is 2. The first-order valence-electron chi connectivity index (χ1n) is 11.1. The van der Waals surface area contributed by atoms with Crippen LogP contribution < -0.4 is 0 Å². The summed E-state index contributed by atoms with van der Waals surface area (Å²) in [6.45, 7) is 4.21. The van der Waals surface area contributed by atoms with E-state index in [4.69, 9.17) is 0 Å². The second kappa shape index (κ2) is 7.04. The minimum absolute atomic E-state index is 0.0779. The van der Waals surface area contributed by atoms with Gasteiger partial charge in [-0.1, -0.05) is 29.8 Å². The molecule has 2 aliphatic heterocycles. The van der Waals surface area contributed by atoms with Crippen LogP contribution in [0.3, 0.4) is 0 Å². The maximum atomic E-state index is 13.3. The monoisotopic (exact) mass is 422 g/mol. The van der Waals surface area contributed by atoms with E-state index in [1.54, 1.807) is 32.0 Å². The third-order valence-corrected chi connectivity index (χ3v) is 7.74. The lowest BCUT2D eigenvalue weighted by molar-refractivity contribution is -0.141. The average molecular weight is 422 g/mol. The van der Waals surface area contributed by atoms with Crippen molar-refractivity contribution in [3.63, 3.8) is 0 Å². The van der Waals surface area contributed by atoms with Crippen molar-refractivity contribution in [3.8, 4) is 5.75 Å². The molecule has 162 valence electrons. The third-order valence-electron chi connectivity index (χ3n) is 7.74. The summed E-state index contributed by atoms with van der Waals surface area (Å²) in [4.78, 5) is 55.0. The smallest absolute Gasteiger partial charge is 0.234 e. The molecule has 1 N–H and O–H groups in total. The highest BCUT2D eigenvalue weighted by molar-refractivity contribution is 6.07. The molecule has 4 amide bonds. The predicted octanol–water partition coefficient (Wildman–Crippen LogP) is 2.07. The molecule has 2 aliphatic carbocycles. The second-order valence-electron chi connectivity index (χ2n) is 8.92. The van der Waals surface area contributed by atoms with E-state index in [0.29, 0.717) is 31.5 Å². The number of nitrogens with zero attached hydrogens (tertiary/aromatic N) is 2. The first kappa shape index (κ1) is 20.0. The summed E-state index contributed by atoms with van der Waals surface area (Å²) in [5.74, 6) is -3.45. The van der Waals surface area contributed by atoms with Gasteiger partial charge in [-0.05, 0) is 38.7 Å². The summed E-state index contributed by atoms with van der Waals surface area (Å²) in [5.41, 5.74) is 1.53. The van der Waals surface area contributed by atoms with Crippen LogP contribution in [-0.4, -0.2) is 51.6 Å². The van der Waals surface area contributed by atoms with Crippen LogP contribution >= 0.6 is 0 Å². The molecule has 3 fully saturated rings. The number of imide groups is 2. The van der Waals surface area contributed by atoms with Gasteiger partial charge < -0.3 is 5.11 Å². The molecule has 0 radical (unpaired) electrons. The van der Waals surface area contributed by atoms with Crippen LogP contribution in [0.15, 0.2) is 35.9 Å². The van der Waals surface area contributed by atoms with E-state index in [0.717, 1.165) is 5.57 Å². The Morgan fingerprint density at radius 1 is 0.839 bits per heavy atom. The highest BCUT2D eigenvalue weighted by Gasteiger charge is 2.61. The second-order valence-corrected chi connectivity index (χ2v) is 8.92. The molecule has 6 unspecified atom stereocenters. The highest BCUT2D eigenvalue weighted by atomic mass is 16.3. The van der Waals surface area contributed by atoms with Gasteiger partial charge in [0.25, 0.3) is 0 Å². The van der Waals surface area contributed by atoms with Crippen molar-refractivity contribution in [2.45, 2.75) is 32.6 Å². The highest BCUT2D eigenvalue weighted by Crippen LogP contribution is 2.58. The van der Waals surface area contributed by atoms with Crippen LogP contribution in [0.25, 0.3) is 0 Å². The topological polar surface area (TPSA) is 95.0 Å². The zero-order valence-electron chi connectivity index (χ0n) is 17.7. The molecule has 4 aliphatic rings. The molecule has 1 saturated carbocycles. The summed E-state index contributed by atoms with van der Waals surface area (Å²) in [6, 6.07) is 6.91. The van der Waals surface area contributed by atoms with Crippen LogP contribution in [0.2, 0.25) is 0 Å². The number of fused-ring (bicyclic) bond motifs is 4. The Kier molecular flexibility index (Phi) is 4.53. The minimum Gasteiger partial charge on any atom is -0.508 e. The zero-order valence-corrected chi connectivity index (χ0v) is 17.7. The molecule has 0 aromatic heterocycles. The predicted molar refractivity (Wildman–Crippen MR) is 110 cm³/mol. The van der Waals surface area contributed by atoms with Crippen LogP contribution in [0.4, 0.5) is 0 Å². The lowest BCUT2D eigenvalue weighted by Gasteiger charge is -2.44. The summed E-state index contributed by atoms with van der Waals surface area (Å²) in [5, 5.41) is 10.6. The van der Waals surface area contributed by atoms with Crippen molar-refractivity contribution in [3.05, 3.63) is 41.5 Å². The quantitative estimate of drug-likeness (QED) is 0.594. The van der Waals surface area contributed by atoms with Crippen LogP contribution in [0.5, 0.6) is 5.75 Å². The maximum Gasteiger partial charge on any atom is 0.234 e. The van der Waals surface area contributed by atoms with Gasteiger partial charge in [0.1, 0.15) is 5.75 Å². The molecule has 1 aromatic rings. The standard InChI is InChI=1S/C24H26N2O5/c1-3-25-21(28)14-10-9-12-15(19(14)23(25)30)11-16-20(24(31)26(4-2)22(16)29)18(12)13-7-5-6-8-17(13)27/h5-9,14-16,18-20,27H,3-4,10-11H2,1-2H3. The van der Waals surface area contributed by atoms with E-state index in [-0.39, 0.29) is 35.3 Å². The van der Waals surface area contributed by atoms with Crippen molar-refractivity contribution >= 4 is 23.6 Å². The minimum atomic E-state index is -0.589. The van der Waals surface area contributed by atoms with E-state index in [1.807, 2.05) is 12.1 Å². The van der Waals surface area contributed by atoms with Crippen molar-refractivity contribution in [1.29, 1.82) is 0 Å². The molecule has 2 saturated heterocycles. The van der Waals surface area contributed by atoms with E-state index in [9.17, 15) is 24.3 Å². The molecular weight excluding hydrogens is 396 g/mol. The fourth-order valence-electron chi connectivity index (χ4n) is 6.44. The number of likely N-dealkylation sites (tertiary alicyclic amines) is 2. The van der Waals surface area contributed by atoms with Crippen molar-refractivity contribution < 1.29 is 24.3 Å². The van der Waals surface area contributed by atoms with Gasteiger partial charge in [-0.3, -0.25) is 29.0 Å². The molecule has 1 aromatic carbocycles. The molecule has 2 heterocycles. The van der Waals surface area contributed by atoms with Crippen molar-refractivity contribution in [2.24, 2.45) is 29.6 Å². The fourth-order valence-corrected chi connectivity index (χ4v) is 6.44. The summed E-state index contributed by atoms with van der Waals surface area (Å²) in [6.07, 6.45) is 2.83. The number of rotatable bonds is 3. The number of amides is 4. The maximum absolute atomic E-state index is 13.3. The third kappa shape index (κ3) is 2.58. The molecule has 0 bridgehead atoms. The first-order valence-corrected chi connectivity index (χ1v) is 11.1. The number of hydrogen-bond acceptors (Lipinski definition) is 5. The summed E-state index contributed by atoms with van der Waals surface area (Å²) < 4.78 is 0. The summed E-state index contributed by atoms with van der Waals surface area (Å²) in [7, 11) is 0. The van der Waals surface area contributed by atoms with E-state index in [1.165, 1.54) is 9.80 Å². The Hall–Kier alpha value is -2.96. The molecule has 7 nitrogen and oxygen atoms in total. The van der Waals surface area contributed by atoms with Crippen LogP contribution in [-0.2, 0) is 19.2 Å². The van der Waals surface area contributed by atoms with Gasteiger partial charge >= 0.3 is 0 Å². The fraction of sp³-hybridized carbons (Fsp3) is 0.500. The molecule has 5 rings (SSSR count). The van der Waals surface area contributed by atoms with Crippen molar-refractivity contribution in [2.75, 3.05) is 13.1 Å². The number of phenols is 1. The van der Waals surface area contributed by atoms with Gasteiger partial charge in [0, 0.05) is 24.6 Å². The van der Waals surface area contributed by atoms with Gasteiger partial charge in [-0.25, -0.2) is 0 Å². The largest absolute Gasteiger partial charge is 0.508 e. The Morgan fingerprint density at radius 2 is 1.45 bits per heavy atom. The van der Waals surface area contributed by atoms with Gasteiger partial charge in [0.2, 0.25) is 23.6 Å². The Morgan fingerprint density at radius 3 is 2.10 bits per heavy atom. The Balaban J connectivity index is 1.66. The lowest BCUT2D eigenvalue weighted by Crippen LogP contribution is -2.43. The number of aromatic hydroxyl groups is 1.